The maximum atomic E-state index is 11.0. The van der Waals surface area contributed by atoms with Gasteiger partial charge in [-0.25, -0.2) is 9.97 Å². The van der Waals surface area contributed by atoms with Crippen molar-refractivity contribution >= 4 is 34.7 Å². The summed E-state index contributed by atoms with van der Waals surface area (Å²) in [5.74, 6) is -0.00471. The van der Waals surface area contributed by atoms with Crippen LogP contribution >= 0.6 is 11.8 Å². The Balaban J connectivity index is 1.94. The summed E-state index contributed by atoms with van der Waals surface area (Å²) in [5.41, 5.74) is 6.76. The third-order valence-corrected chi connectivity index (χ3v) is 4.36. The standard InChI is InChI=1S/C14H17N5O4S/c1-7(21)2-3-24-13-11-12(17-14(15)18-13)19(6-16-11)10-4-8(22)9(5-20)23-10/h2-3,6,8-10,20,22H,4-5H2,1H3,(H2,15,17,18)/t8-,9+,10+/m0/s1. The van der Waals surface area contributed by atoms with Crippen molar-refractivity contribution in [2.24, 2.45) is 0 Å². The summed E-state index contributed by atoms with van der Waals surface area (Å²) in [7, 11) is 0. The van der Waals surface area contributed by atoms with Crippen molar-refractivity contribution in [2.75, 3.05) is 12.3 Å². The number of anilines is 1. The first-order chi connectivity index (χ1) is 11.5. The summed E-state index contributed by atoms with van der Waals surface area (Å²) >= 11 is 1.22. The van der Waals surface area contributed by atoms with E-state index in [2.05, 4.69) is 15.0 Å². The molecule has 1 aliphatic heterocycles. The van der Waals surface area contributed by atoms with Crippen molar-refractivity contribution in [3.8, 4) is 0 Å². The summed E-state index contributed by atoms with van der Waals surface area (Å²) in [6, 6.07) is 0. The third-order valence-electron chi connectivity index (χ3n) is 3.58. The lowest BCUT2D eigenvalue weighted by atomic mass is 10.2. The van der Waals surface area contributed by atoms with Gasteiger partial charge in [-0.2, -0.15) is 4.98 Å². The molecule has 1 fully saturated rings. The number of allylic oxidation sites excluding steroid dienone is 1. The summed E-state index contributed by atoms with van der Waals surface area (Å²) in [4.78, 5) is 23.6. The molecule has 0 bridgehead atoms. The fraction of sp³-hybridized carbons (Fsp3) is 0.429. The van der Waals surface area contributed by atoms with E-state index in [4.69, 9.17) is 10.5 Å². The monoisotopic (exact) mass is 351 g/mol. The highest BCUT2D eigenvalue weighted by atomic mass is 32.2. The molecule has 3 atom stereocenters. The van der Waals surface area contributed by atoms with Gasteiger partial charge in [-0.1, -0.05) is 11.8 Å². The topological polar surface area (TPSA) is 136 Å². The van der Waals surface area contributed by atoms with Crippen molar-refractivity contribution in [1.82, 2.24) is 19.5 Å². The van der Waals surface area contributed by atoms with Gasteiger partial charge in [-0.15, -0.1) is 0 Å². The van der Waals surface area contributed by atoms with Gasteiger partial charge in [-0.05, 0) is 18.4 Å². The Hall–Kier alpha value is -2.01. The number of nitrogens with two attached hydrogens (primary N) is 1. The fourth-order valence-electron chi connectivity index (χ4n) is 2.44. The molecule has 0 aliphatic carbocycles. The lowest BCUT2D eigenvalue weighted by Gasteiger charge is -2.13. The molecule has 1 aliphatic rings. The molecule has 0 spiro atoms. The van der Waals surface area contributed by atoms with E-state index in [1.54, 1.807) is 9.98 Å². The Bertz CT molecular complexity index is 793. The van der Waals surface area contributed by atoms with Gasteiger partial charge in [0.25, 0.3) is 0 Å². The Kier molecular flexibility index (Phi) is 4.81. The van der Waals surface area contributed by atoms with Gasteiger partial charge in [0.1, 0.15) is 22.9 Å². The van der Waals surface area contributed by atoms with Gasteiger partial charge < -0.3 is 20.7 Å². The normalized spacial score (nSPS) is 24.2. The van der Waals surface area contributed by atoms with E-state index in [1.165, 1.54) is 31.1 Å². The number of ketones is 1. The van der Waals surface area contributed by atoms with E-state index in [-0.39, 0.29) is 18.3 Å². The van der Waals surface area contributed by atoms with Gasteiger partial charge in [0, 0.05) is 6.42 Å². The van der Waals surface area contributed by atoms with Gasteiger partial charge in [0.05, 0.1) is 19.0 Å². The van der Waals surface area contributed by atoms with E-state index in [1.807, 2.05) is 0 Å². The summed E-state index contributed by atoms with van der Waals surface area (Å²) in [6.45, 7) is 1.19. The van der Waals surface area contributed by atoms with E-state index >= 15 is 0 Å². The lowest BCUT2D eigenvalue weighted by Crippen LogP contribution is -2.24. The number of nitrogens with zero attached hydrogens (tertiary/aromatic N) is 4. The van der Waals surface area contributed by atoms with Crippen LogP contribution in [0.4, 0.5) is 5.95 Å². The number of hydrogen-bond donors (Lipinski definition) is 3. The number of aliphatic hydroxyl groups excluding tert-OH is 2. The molecule has 10 heteroatoms. The first-order valence-electron chi connectivity index (χ1n) is 7.27. The van der Waals surface area contributed by atoms with E-state index in [0.29, 0.717) is 22.6 Å². The molecule has 2 aromatic rings. The number of aromatic nitrogens is 4. The maximum Gasteiger partial charge on any atom is 0.223 e. The quantitative estimate of drug-likeness (QED) is 0.393. The average Bonchev–Trinajstić information content (AvgIpc) is 3.09. The molecule has 1 saturated heterocycles. The highest BCUT2D eigenvalue weighted by Crippen LogP contribution is 2.33. The molecular formula is C14H17N5O4S. The van der Waals surface area contributed by atoms with Crippen LogP contribution in [0, 0.1) is 0 Å². The van der Waals surface area contributed by atoms with Crippen LogP contribution in [0.5, 0.6) is 0 Å². The summed E-state index contributed by atoms with van der Waals surface area (Å²) in [6.07, 6.45) is 1.38. The Morgan fingerprint density at radius 2 is 2.38 bits per heavy atom. The lowest BCUT2D eigenvalue weighted by molar-refractivity contribution is -0.112. The molecule has 3 heterocycles. The summed E-state index contributed by atoms with van der Waals surface area (Å²) in [5, 5.41) is 21.2. The Morgan fingerprint density at radius 1 is 1.58 bits per heavy atom. The number of thioether (sulfide) groups is 1. The van der Waals surface area contributed by atoms with Crippen LogP contribution < -0.4 is 5.73 Å². The molecule has 0 aromatic carbocycles. The SMILES string of the molecule is CC(=O)C=CSc1nc(N)nc2c1ncn2[C@H]1C[C@H](O)[C@@H](CO)O1. The third kappa shape index (κ3) is 3.26. The predicted octanol–water partition coefficient (Wildman–Crippen LogP) is 0.244. The number of aliphatic hydroxyl groups is 2. The van der Waals surface area contributed by atoms with Crippen molar-refractivity contribution in [1.29, 1.82) is 0 Å². The average molecular weight is 351 g/mol. The number of carbonyl (C=O) groups is 1. The highest BCUT2D eigenvalue weighted by Gasteiger charge is 2.35. The van der Waals surface area contributed by atoms with Crippen molar-refractivity contribution in [2.45, 2.75) is 36.8 Å². The maximum absolute atomic E-state index is 11.0. The number of fused-ring (bicyclic) bond motifs is 1. The Morgan fingerprint density at radius 3 is 3.04 bits per heavy atom. The zero-order valence-electron chi connectivity index (χ0n) is 12.9. The smallest absolute Gasteiger partial charge is 0.223 e. The van der Waals surface area contributed by atoms with E-state index in [0.717, 1.165) is 0 Å². The van der Waals surface area contributed by atoms with Crippen LogP contribution in [-0.2, 0) is 9.53 Å². The van der Waals surface area contributed by atoms with Gasteiger partial charge in [0.15, 0.2) is 11.4 Å². The zero-order chi connectivity index (χ0) is 17.3. The molecule has 0 unspecified atom stereocenters. The molecule has 24 heavy (non-hydrogen) atoms. The molecule has 0 saturated carbocycles. The number of nitrogen functional groups attached to an aromatic ring is 1. The van der Waals surface area contributed by atoms with Gasteiger partial charge >= 0.3 is 0 Å². The molecule has 0 amide bonds. The largest absolute Gasteiger partial charge is 0.394 e. The highest BCUT2D eigenvalue weighted by molar-refractivity contribution is 8.02. The van der Waals surface area contributed by atoms with Gasteiger partial charge in [-0.3, -0.25) is 9.36 Å². The second kappa shape index (κ2) is 6.85. The molecular weight excluding hydrogens is 334 g/mol. The first-order valence-corrected chi connectivity index (χ1v) is 8.15. The number of hydrogen-bond acceptors (Lipinski definition) is 9. The van der Waals surface area contributed by atoms with E-state index in [9.17, 15) is 15.0 Å². The molecule has 9 nitrogen and oxygen atoms in total. The second-order valence-corrected chi connectivity index (χ2v) is 6.25. The molecule has 128 valence electrons. The minimum absolute atomic E-state index is 0.0697. The predicted molar refractivity (Wildman–Crippen MR) is 87.0 cm³/mol. The van der Waals surface area contributed by atoms with E-state index < -0.39 is 18.4 Å². The number of rotatable bonds is 5. The van der Waals surface area contributed by atoms with Crippen LogP contribution in [-0.4, -0.2) is 54.3 Å². The number of imidazole rings is 1. The Labute approximate surface area is 141 Å². The second-order valence-electron chi connectivity index (χ2n) is 5.36. The molecule has 0 radical (unpaired) electrons. The molecule has 4 N–H and O–H groups in total. The number of carbonyl (C=O) groups excluding carboxylic acids is 1. The van der Waals surface area contributed by atoms with Gasteiger partial charge in [0.2, 0.25) is 5.95 Å². The van der Waals surface area contributed by atoms with Crippen molar-refractivity contribution in [3.05, 3.63) is 17.8 Å². The minimum atomic E-state index is -0.760. The van der Waals surface area contributed by atoms with Crippen LogP contribution in [0.15, 0.2) is 22.8 Å². The molecule has 2 aromatic heterocycles. The fourth-order valence-corrected chi connectivity index (χ4v) is 3.23. The number of ether oxygens (including phenoxy) is 1. The van der Waals surface area contributed by atoms with Crippen LogP contribution in [0.3, 0.4) is 0 Å². The van der Waals surface area contributed by atoms with Crippen LogP contribution in [0.25, 0.3) is 11.2 Å². The van der Waals surface area contributed by atoms with Crippen molar-refractivity contribution in [3.63, 3.8) is 0 Å². The first kappa shape index (κ1) is 16.8. The van der Waals surface area contributed by atoms with Crippen LogP contribution in [0.2, 0.25) is 0 Å². The van der Waals surface area contributed by atoms with Crippen molar-refractivity contribution < 1.29 is 19.7 Å². The zero-order valence-corrected chi connectivity index (χ0v) is 13.7. The molecule has 3 rings (SSSR count). The summed E-state index contributed by atoms with van der Waals surface area (Å²) < 4.78 is 7.28. The minimum Gasteiger partial charge on any atom is -0.394 e. The van der Waals surface area contributed by atoms with Crippen LogP contribution in [0.1, 0.15) is 19.6 Å².